The van der Waals surface area contributed by atoms with E-state index in [1.807, 2.05) is 0 Å². The van der Waals surface area contributed by atoms with E-state index in [1.165, 1.54) is 38.9 Å². The molecule has 1 saturated heterocycles. The quantitative estimate of drug-likeness (QED) is 0.784. The molecule has 5 nitrogen and oxygen atoms in total. The van der Waals surface area contributed by atoms with Crippen molar-refractivity contribution in [3.8, 4) is 0 Å². The lowest BCUT2D eigenvalue weighted by atomic mass is 9.86. The van der Waals surface area contributed by atoms with E-state index < -0.39 is 0 Å². The Morgan fingerprint density at radius 3 is 2.53 bits per heavy atom. The lowest BCUT2D eigenvalue weighted by molar-refractivity contribution is 0.0820. The van der Waals surface area contributed by atoms with Crippen molar-refractivity contribution < 1.29 is 0 Å². The van der Waals surface area contributed by atoms with Crippen molar-refractivity contribution in [3.63, 3.8) is 0 Å². The number of rotatable bonds is 5. The summed E-state index contributed by atoms with van der Waals surface area (Å²) < 4.78 is 0. The van der Waals surface area contributed by atoms with E-state index in [9.17, 15) is 0 Å². The molecule has 0 aromatic heterocycles. The Balaban J connectivity index is 1.95. The van der Waals surface area contributed by atoms with Gasteiger partial charge in [0.1, 0.15) is 0 Å². The highest BCUT2D eigenvalue weighted by Gasteiger charge is 2.43. The Bertz CT molecular complexity index is 318. The lowest BCUT2D eigenvalue weighted by Crippen LogP contribution is -2.58. The Morgan fingerprint density at radius 1 is 1.26 bits per heavy atom. The second kappa shape index (κ2) is 6.09. The van der Waals surface area contributed by atoms with Crippen molar-refractivity contribution in [2.75, 3.05) is 53.4 Å². The van der Waals surface area contributed by atoms with Gasteiger partial charge in [0.25, 0.3) is 0 Å². The molecule has 0 aromatic carbocycles. The highest BCUT2D eigenvalue weighted by Crippen LogP contribution is 2.32. The summed E-state index contributed by atoms with van der Waals surface area (Å²) in [5, 5.41) is 0. The molecule has 5 heteroatoms. The normalized spacial score (nSPS) is 23.4. The van der Waals surface area contributed by atoms with E-state index in [2.05, 4.69) is 40.7 Å². The minimum atomic E-state index is 0.213. The van der Waals surface area contributed by atoms with Crippen LogP contribution in [0.25, 0.3) is 0 Å². The van der Waals surface area contributed by atoms with Crippen LogP contribution in [0.5, 0.6) is 0 Å². The van der Waals surface area contributed by atoms with E-state index in [1.54, 1.807) is 0 Å². The maximum atomic E-state index is 6.11. The van der Waals surface area contributed by atoms with Crippen LogP contribution in [-0.4, -0.2) is 79.6 Å². The van der Waals surface area contributed by atoms with Gasteiger partial charge in [-0.2, -0.15) is 0 Å². The number of nitrogens with zero attached hydrogens (tertiary/aromatic N) is 4. The van der Waals surface area contributed by atoms with Crippen LogP contribution in [-0.2, 0) is 0 Å². The molecule has 110 valence electrons. The van der Waals surface area contributed by atoms with Crippen LogP contribution in [0.4, 0.5) is 0 Å². The first-order chi connectivity index (χ1) is 9.07. The number of nitrogens with two attached hydrogens (primary N) is 1. The third kappa shape index (κ3) is 3.20. The molecule has 2 heterocycles. The highest BCUT2D eigenvalue weighted by atomic mass is 15.4. The van der Waals surface area contributed by atoms with E-state index in [-0.39, 0.29) is 5.54 Å². The van der Waals surface area contributed by atoms with Crippen molar-refractivity contribution >= 4 is 5.96 Å². The van der Waals surface area contributed by atoms with Crippen molar-refractivity contribution in [3.05, 3.63) is 0 Å². The number of likely N-dealkylation sites (N-methyl/N-ethyl adjacent to an activating group) is 1. The van der Waals surface area contributed by atoms with Gasteiger partial charge >= 0.3 is 0 Å². The van der Waals surface area contributed by atoms with Crippen molar-refractivity contribution in [2.45, 2.75) is 31.7 Å². The second-order valence-electron chi connectivity index (χ2n) is 6.20. The number of hydrogen-bond acceptors (Lipinski definition) is 5. The fourth-order valence-electron chi connectivity index (χ4n) is 3.23. The summed E-state index contributed by atoms with van der Waals surface area (Å²) in [7, 11) is 4.22. The third-order valence-corrected chi connectivity index (χ3v) is 4.48. The second-order valence-corrected chi connectivity index (χ2v) is 6.20. The number of aliphatic imine (C=N–C) groups is 1. The smallest absolute Gasteiger partial charge is 0.191 e. The molecule has 2 aliphatic rings. The van der Waals surface area contributed by atoms with Gasteiger partial charge in [-0.1, -0.05) is 6.92 Å². The highest BCUT2D eigenvalue weighted by molar-refractivity contribution is 5.81. The van der Waals surface area contributed by atoms with Crippen LogP contribution in [0, 0.1) is 0 Å². The van der Waals surface area contributed by atoms with Crippen LogP contribution in [0.3, 0.4) is 0 Å². The molecule has 1 spiro atoms. The van der Waals surface area contributed by atoms with Gasteiger partial charge in [-0.15, -0.1) is 0 Å². The van der Waals surface area contributed by atoms with Gasteiger partial charge in [0.2, 0.25) is 0 Å². The molecule has 0 atom stereocenters. The molecule has 0 amide bonds. The van der Waals surface area contributed by atoms with Gasteiger partial charge < -0.3 is 20.4 Å². The predicted octanol–water partition coefficient (Wildman–Crippen LogP) is 0.423. The first-order valence-corrected chi connectivity index (χ1v) is 7.52. The Kier molecular flexibility index (Phi) is 4.68. The van der Waals surface area contributed by atoms with Crippen LogP contribution in [0.15, 0.2) is 4.99 Å². The topological polar surface area (TPSA) is 48.1 Å². The minimum Gasteiger partial charge on any atom is -0.370 e. The van der Waals surface area contributed by atoms with Gasteiger partial charge in [-0.05, 0) is 39.9 Å². The van der Waals surface area contributed by atoms with E-state index in [0.29, 0.717) is 0 Å². The van der Waals surface area contributed by atoms with Crippen molar-refractivity contribution in [2.24, 2.45) is 10.7 Å². The summed E-state index contributed by atoms with van der Waals surface area (Å²) in [4.78, 5) is 11.7. The Labute approximate surface area is 117 Å². The molecule has 19 heavy (non-hydrogen) atoms. The summed E-state index contributed by atoms with van der Waals surface area (Å²) in [5.41, 5.74) is 6.32. The largest absolute Gasteiger partial charge is 0.370 e. The SMILES string of the molecule is CCCN1CCC2(CC1)CN=C(N)N2CCN(C)C. The van der Waals surface area contributed by atoms with Gasteiger partial charge in [0.05, 0.1) is 12.1 Å². The van der Waals surface area contributed by atoms with Gasteiger partial charge in [0.15, 0.2) is 5.96 Å². The van der Waals surface area contributed by atoms with Crippen LogP contribution < -0.4 is 5.73 Å². The molecule has 0 unspecified atom stereocenters. The van der Waals surface area contributed by atoms with Crippen LogP contribution in [0.2, 0.25) is 0 Å². The zero-order chi connectivity index (χ0) is 13.9. The van der Waals surface area contributed by atoms with Gasteiger partial charge in [-0.25, -0.2) is 0 Å². The minimum absolute atomic E-state index is 0.213. The Morgan fingerprint density at radius 2 is 1.95 bits per heavy atom. The first-order valence-electron chi connectivity index (χ1n) is 7.52. The zero-order valence-electron chi connectivity index (χ0n) is 12.7. The average Bonchev–Trinajstić information content (AvgIpc) is 2.68. The molecule has 0 bridgehead atoms. The number of likely N-dealkylation sites (tertiary alicyclic amines) is 1. The third-order valence-electron chi connectivity index (χ3n) is 4.48. The lowest BCUT2D eigenvalue weighted by Gasteiger charge is -2.45. The van der Waals surface area contributed by atoms with E-state index in [4.69, 9.17) is 5.73 Å². The average molecular weight is 267 g/mol. The van der Waals surface area contributed by atoms with E-state index in [0.717, 1.165) is 25.6 Å². The molecule has 0 saturated carbocycles. The number of guanidine groups is 1. The summed E-state index contributed by atoms with van der Waals surface area (Å²) in [5.74, 6) is 0.755. The molecule has 2 rings (SSSR count). The van der Waals surface area contributed by atoms with E-state index >= 15 is 0 Å². The zero-order valence-corrected chi connectivity index (χ0v) is 12.7. The summed E-state index contributed by atoms with van der Waals surface area (Å²) in [6, 6.07) is 0. The van der Waals surface area contributed by atoms with Gasteiger partial charge in [0, 0.05) is 26.2 Å². The van der Waals surface area contributed by atoms with Crippen LogP contribution in [0.1, 0.15) is 26.2 Å². The molecule has 0 aliphatic carbocycles. The molecular formula is C14H29N5. The molecule has 2 aliphatic heterocycles. The maximum absolute atomic E-state index is 6.11. The fraction of sp³-hybridized carbons (Fsp3) is 0.929. The predicted molar refractivity (Wildman–Crippen MR) is 80.4 cm³/mol. The molecule has 2 N–H and O–H groups in total. The maximum Gasteiger partial charge on any atom is 0.191 e. The van der Waals surface area contributed by atoms with Crippen molar-refractivity contribution in [1.29, 1.82) is 0 Å². The molecular weight excluding hydrogens is 238 g/mol. The summed E-state index contributed by atoms with van der Waals surface area (Å²) >= 11 is 0. The molecule has 1 fully saturated rings. The molecule has 0 radical (unpaired) electrons. The van der Waals surface area contributed by atoms with Crippen molar-refractivity contribution in [1.82, 2.24) is 14.7 Å². The molecule has 0 aromatic rings. The first kappa shape index (κ1) is 14.6. The Hall–Kier alpha value is -0.810. The summed E-state index contributed by atoms with van der Waals surface area (Å²) in [6.07, 6.45) is 3.64. The monoisotopic (exact) mass is 267 g/mol. The number of hydrogen-bond donors (Lipinski definition) is 1. The number of piperidine rings is 1. The van der Waals surface area contributed by atoms with Crippen LogP contribution >= 0.6 is 0 Å². The summed E-state index contributed by atoms with van der Waals surface area (Å²) in [6.45, 7) is 8.79. The van der Waals surface area contributed by atoms with Gasteiger partial charge in [-0.3, -0.25) is 4.99 Å². The fourth-order valence-corrected chi connectivity index (χ4v) is 3.23. The standard InChI is InChI=1S/C14H29N5/c1-4-7-18-8-5-14(6-9-18)12-16-13(15)19(14)11-10-17(2)3/h4-12H2,1-3H3,(H2,15,16).